The van der Waals surface area contributed by atoms with Crippen molar-refractivity contribution in [1.82, 2.24) is 10.2 Å². The molecule has 0 aliphatic rings. The monoisotopic (exact) mass is 277 g/mol. The van der Waals surface area contributed by atoms with E-state index in [0.29, 0.717) is 0 Å². The van der Waals surface area contributed by atoms with Crippen molar-refractivity contribution in [1.29, 1.82) is 0 Å². The predicted octanol–water partition coefficient (Wildman–Crippen LogP) is 2.58. The Morgan fingerprint density at radius 2 is 1.80 bits per heavy atom. The summed E-state index contributed by atoms with van der Waals surface area (Å²) in [5.74, 6) is 0.0110. The minimum Gasteiger partial charge on any atom is -0.385 e. The molecule has 112 valence electrons. The van der Waals surface area contributed by atoms with Gasteiger partial charge >= 0.3 is 0 Å². The average molecular weight is 277 g/mol. The second-order valence-corrected chi connectivity index (χ2v) is 5.27. The highest BCUT2D eigenvalue weighted by Gasteiger charge is 2.04. The van der Waals surface area contributed by atoms with Gasteiger partial charge in [0.2, 0.25) is 0 Å². The maximum absolute atomic E-state index is 11.9. The molecule has 0 saturated heterocycles. The van der Waals surface area contributed by atoms with Gasteiger partial charge in [0, 0.05) is 24.3 Å². The van der Waals surface area contributed by atoms with E-state index >= 15 is 0 Å². The molecule has 4 nitrogen and oxygen atoms in total. The van der Waals surface area contributed by atoms with Crippen LogP contribution in [-0.4, -0.2) is 44.5 Å². The van der Waals surface area contributed by atoms with Crippen LogP contribution in [0, 0.1) is 0 Å². The molecule has 1 aromatic rings. The lowest BCUT2D eigenvalue weighted by Crippen LogP contribution is -2.25. The first-order valence-electron chi connectivity index (χ1n) is 7.40. The highest BCUT2D eigenvalue weighted by molar-refractivity contribution is 5.94. The van der Waals surface area contributed by atoms with Crippen LogP contribution >= 0.6 is 0 Å². The van der Waals surface area contributed by atoms with E-state index < -0.39 is 0 Å². The summed E-state index contributed by atoms with van der Waals surface area (Å²) in [4.78, 5) is 14.1. The standard InChI is InChI=1S/C16H27N3O/c1-4-11-17-15-9-7-14(8-10-15)16(20)18-12-5-6-13-19(2)3/h7-10,17H,4-6,11-13H2,1-3H3,(H,18,20). The summed E-state index contributed by atoms with van der Waals surface area (Å²) >= 11 is 0. The number of nitrogens with one attached hydrogen (secondary N) is 2. The van der Waals surface area contributed by atoms with E-state index in [1.807, 2.05) is 24.3 Å². The van der Waals surface area contributed by atoms with Gasteiger partial charge in [-0.15, -0.1) is 0 Å². The van der Waals surface area contributed by atoms with Gasteiger partial charge in [-0.3, -0.25) is 4.79 Å². The molecule has 1 aromatic carbocycles. The van der Waals surface area contributed by atoms with Gasteiger partial charge in [-0.05, 0) is 64.2 Å². The Morgan fingerprint density at radius 3 is 2.40 bits per heavy atom. The summed E-state index contributed by atoms with van der Waals surface area (Å²) in [6.07, 6.45) is 3.21. The zero-order valence-electron chi connectivity index (χ0n) is 12.9. The van der Waals surface area contributed by atoms with Gasteiger partial charge in [0.25, 0.3) is 5.91 Å². The van der Waals surface area contributed by atoms with Crippen LogP contribution in [0.4, 0.5) is 5.69 Å². The fourth-order valence-electron chi connectivity index (χ4n) is 1.87. The third-order valence-electron chi connectivity index (χ3n) is 3.04. The zero-order chi connectivity index (χ0) is 14.8. The number of anilines is 1. The second kappa shape index (κ2) is 9.37. The summed E-state index contributed by atoms with van der Waals surface area (Å²) in [5, 5.41) is 6.25. The van der Waals surface area contributed by atoms with Crippen LogP contribution in [0.3, 0.4) is 0 Å². The third kappa shape index (κ3) is 6.57. The van der Waals surface area contributed by atoms with E-state index in [9.17, 15) is 4.79 Å². The first kappa shape index (κ1) is 16.5. The molecule has 20 heavy (non-hydrogen) atoms. The normalized spacial score (nSPS) is 10.6. The van der Waals surface area contributed by atoms with Gasteiger partial charge in [-0.1, -0.05) is 6.92 Å². The Balaban J connectivity index is 2.29. The quantitative estimate of drug-likeness (QED) is 0.682. The van der Waals surface area contributed by atoms with Crippen LogP contribution in [0.1, 0.15) is 36.5 Å². The van der Waals surface area contributed by atoms with Gasteiger partial charge < -0.3 is 15.5 Å². The van der Waals surface area contributed by atoms with Gasteiger partial charge in [-0.25, -0.2) is 0 Å². The number of amides is 1. The number of nitrogens with zero attached hydrogens (tertiary/aromatic N) is 1. The minimum absolute atomic E-state index is 0.0110. The van der Waals surface area contributed by atoms with E-state index in [0.717, 1.165) is 50.1 Å². The molecule has 0 radical (unpaired) electrons. The molecular weight excluding hydrogens is 250 g/mol. The number of hydrogen-bond acceptors (Lipinski definition) is 3. The molecular formula is C16H27N3O. The van der Waals surface area contributed by atoms with Gasteiger partial charge in [0.05, 0.1) is 0 Å². The molecule has 0 heterocycles. The lowest BCUT2D eigenvalue weighted by molar-refractivity contribution is 0.0953. The SMILES string of the molecule is CCCNc1ccc(C(=O)NCCCCN(C)C)cc1. The highest BCUT2D eigenvalue weighted by Crippen LogP contribution is 2.09. The number of benzene rings is 1. The molecule has 0 atom stereocenters. The third-order valence-corrected chi connectivity index (χ3v) is 3.04. The van der Waals surface area contributed by atoms with Crippen molar-refractivity contribution in [2.45, 2.75) is 26.2 Å². The summed E-state index contributed by atoms with van der Waals surface area (Å²) in [7, 11) is 4.12. The lowest BCUT2D eigenvalue weighted by atomic mass is 10.2. The maximum Gasteiger partial charge on any atom is 0.251 e. The highest BCUT2D eigenvalue weighted by atomic mass is 16.1. The molecule has 2 N–H and O–H groups in total. The van der Waals surface area contributed by atoms with Crippen molar-refractivity contribution in [3.05, 3.63) is 29.8 Å². The van der Waals surface area contributed by atoms with Crippen molar-refractivity contribution < 1.29 is 4.79 Å². The first-order valence-corrected chi connectivity index (χ1v) is 7.40. The van der Waals surface area contributed by atoms with Crippen LogP contribution in [0.15, 0.2) is 24.3 Å². The molecule has 0 spiro atoms. The summed E-state index contributed by atoms with van der Waals surface area (Å²) < 4.78 is 0. The molecule has 0 unspecified atom stereocenters. The Hall–Kier alpha value is -1.55. The molecule has 0 saturated carbocycles. The summed E-state index contributed by atoms with van der Waals surface area (Å²) in [6, 6.07) is 7.65. The molecule has 0 aliphatic carbocycles. The van der Waals surface area contributed by atoms with E-state index in [-0.39, 0.29) is 5.91 Å². The van der Waals surface area contributed by atoms with Crippen LogP contribution in [-0.2, 0) is 0 Å². The summed E-state index contributed by atoms with van der Waals surface area (Å²) in [6.45, 7) is 4.89. The van der Waals surface area contributed by atoms with Crippen molar-refractivity contribution in [2.75, 3.05) is 39.0 Å². The fourth-order valence-corrected chi connectivity index (χ4v) is 1.87. The summed E-state index contributed by atoms with van der Waals surface area (Å²) in [5.41, 5.74) is 1.79. The smallest absolute Gasteiger partial charge is 0.251 e. The first-order chi connectivity index (χ1) is 9.63. The number of rotatable bonds is 9. The van der Waals surface area contributed by atoms with Crippen molar-refractivity contribution in [2.24, 2.45) is 0 Å². The molecule has 0 fully saturated rings. The zero-order valence-corrected chi connectivity index (χ0v) is 12.9. The van der Waals surface area contributed by atoms with E-state index in [2.05, 4.69) is 36.6 Å². The Bertz CT molecular complexity index is 387. The van der Waals surface area contributed by atoms with Crippen molar-refractivity contribution in [3.63, 3.8) is 0 Å². The number of carbonyl (C=O) groups is 1. The molecule has 0 aliphatic heterocycles. The molecule has 1 amide bonds. The Kier molecular flexibility index (Phi) is 7.73. The van der Waals surface area contributed by atoms with Crippen LogP contribution in [0.5, 0.6) is 0 Å². The van der Waals surface area contributed by atoms with Gasteiger partial charge in [0.15, 0.2) is 0 Å². The fraction of sp³-hybridized carbons (Fsp3) is 0.562. The van der Waals surface area contributed by atoms with Crippen molar-refractivity contribution >= 4 is 11.6 Å². The topological polar surface area (TPSA) is 44.4 Å². The molecule has 1 rings (SSSR count). The van der Waals surface area contributed by atoms with Crippen LogP contribution in [0.25, 0.3) is 0 Å². The second-order valence-electron chi connectivity index (χ2n) is 5.27. The molecule has 4 heteroatoms. The van der Waals surface area contributed by atoms with Gasteiger partial charge in [0.1, 0.15) is 0 Å². The van der Waals surface area contributed by atoms with Gasteiger partial charge in [-0.2, -0.15) is 0 Å². The average Bonchev–Trinajstić information content (AvgIpc) is 2.44. The Morgan fingerprint density at radius 1 is 1.10 bits per heavy atom. The molecule has 0 bridgehead atoms. The van der Waals surface area contributed by atoms with Crippen LogP contribution in [0.2, 0.25) is 0 Å². The van der Waals surface area contributed by atoms with Crippen LogP contribution < -0.4 is 10.6 Å². The largest absolute Gasteiger partial charge is 0.385 e. The number of hydrogen-bond donors (Lipinski definition) is 2. The lowest BCUT2D eigenvalue weighted by Gasteiger charge is -2.10. The predicted molar refractivity (Wildman–Crippen MR) is 85.3 cm³/mol. The maximum atomic E-state index is 11.9. The number of unbranched alkanes of at least 4 members (excludes halogenated alkanes) is 1. The van der Waals surface area contributed by atoms with E-state index in [1.165, 1.54) is 0 Å². The number of carbonyl (C=O) groups excluding carboxylic acids is 1. The van der Waals surface area contributed by atoms with Crippen molar-refractivity contribution in [3.8, 4) is 0 Å². The van der Waals surface area contributed by atoms with E-state index in [1.54, 1.807) is 0 Å². The Labute approximate surface area is 122 Å². The minimum atomic E-state index is 0.0110. The van der Waals surface area contributed by atoms with E-state index in [4.69, 9.17) is 0 Å². The molecule has 0 aromatic heterocycles.